The standard InChI is InChI=1S/C9H14N2O3S/c1-11(4-5-13-2)9-10-7(6-15-9)8(12)14-3/h6H,4-5H2,1-3H3. The highest BCUT2D eigenvalue weighted by molar-refractivity contribution is 7.13. The topological polar surface area (TPSA) is 51.7 Å². The molecule has 0 fully saturated rings. The molecular weight excluding hydrogens is 216 g/mol. The van der Waals surface area contributed by atoms with Crippen molar-refractivity contribution in [2.75, 3.05) is 39.3 Å². The summed E-state index contributed by atoms with van der Waals surface area (Å²) in [5.74, 6) is -0.405. The zero-order valence-electron chi connectivity index (χ0n) is 9.02. The maximum Gasteiger partial charge on any atom is 0.357 e. The van der Waals surface area contributed by atoms with Gasteiger partial charge in [0.05, 0.1) is 13.7 Å². The Kier molecular flexibility index (Phi) is 4.51. The van der Waals surface area contributed by atoms with E-state index in [9.17, 15) is 4.79 Å². The van der Waals surface area contributed by atoms with Gasteiger partial charge in [0.25, 0.3) is 0 Å². The lowest BCUT2D eigenvalue weighted by molar-refractivity contribution is 0.0595. The minimum absolute atomic E-state index is 0.349. The number of ether oxygens (including phenoxy) is 2. The molecule has 0 aliphatic heterocycles. The lowest BCUT2D eigenvalue weighted by Crippen LogP contribution is -2.22. The number of thiazole rings is 1. The lowest BCUT2D eigenvalue weighted by atomic mass is 10.5. The van der Waals surface area contributed by atoms with E-state index in [0.29, 0.717) is 12.3 Å². The molecule has 1 aromatic rings. The molecule has 0 saturated carbocycles. The van der Waals surface area contributed by atoms with Gasteiger partial charge in [0.15, 0.2) is 10.8 Å². The second-order valence-corrected chi connectivity index (χ2v) is 3.76. The van der Waals surface area contributed by atoms with Gasteiger partial charge in [-0.25, -0.2) is 9.78 Å². The van der Waals surface area contributed by atoms with E-state index in [0.717, 1.165) is 11.7 Å². The van der Waals surface area contributed by atoms with E-state index in [-0.39, 0.29) is 0 Å². The summed E-state index contributed by atoms with van der Waals surface area (Å²) in [6, 6.07) is 0. The summed E-state index contributed by atoms with van der Waals surface area (Å²) in [4.78, 5) is 17.2. The van der Waals surface area contributed by atoms with E-state index in [2.05, 4.69) is 9.72 Å². The van der Waals surface area contributed by atoms with Gasteiger partial charge in [-0.3, -0.25) is 0 Å². The Hall–Kier alpha value is -1.14. The first-order chi connectivity index (χ1) is 7.19. The second kappa shape index (κ2) is 5.67. The number of methoxy groups -OCH3 is 2. The van der Waals surface area contributed by atoms with Crippen LogP contribution in [0.5, 0.6) is 0 Å². The summed E-state index contributed by atoms with van der Waals surface area (Å²) < 4.78 is 9.53. The summed E-state index contributed by atoms with van der Waals surface area (Å²) in [5.41, 5.74) is 0.349. The van der Waals surface area contributed by atoms with Gasteiger partial charge in [-0.05, 0) is 0 Å². The Morgan fingerprint density at radius 1 is 1.60 bits per heavy atom. The van der Waals surface area contributed by atoms with Crippen LogP contribution in [0.15, 0.2) is 5.38 Å². The van der Waals surface area contributed by atoms with Crippen LogP contribution in [0.3, 0.4) is 0 Å². The van der Waals surface area contributed by atoms with Crippen LogP contribution in [-0.4, -0.2) is 45.4 Å². The van der Waals surface area contributed by atoms with Gasteiger partial charge < -0.3 is 14.4 Å². The van der Waals surface area contributed by atoms with Crippen molar-refractivity contribution in [2.24, 2.45) is 0 Å². The van der Waals surface area contributed by atoms with Crippen molar-refractivity contribution in [3.05, 3.63) is 11.1 Å². The Bertz CT molecular complexity index is 327. The van der Waals surface area contributed by atoms with Gasteiger partial charge in [-0.1, -0.05) is 0 Å². The third-order valence-electron chi connectivity index (χ3n) is 1.84. The summed E-state index contributed by atoms with van der Waals surface area (Å²) in [6.45, 7) is 1.37. The van der Waals surface area contributed by atoms with E-state index in [4.69, 9.17) is 4.74 Å². The number of aromatic nitrogens is 1. The minimum Gasteiger partial charge on any atom is -0.464 e. The van der Waals surface area contributed by atoms with Crippen molar-refractivity contribution in [2.45, 2.75) is 0 Å². The normalized spacial score (nSPS) is 10.1. The van der Waals surface area contributed by atoms with Gasteiger partial charge in [-0.15, -0.1) is 11.3 Å². The molecule has 1 heterocycles. The van der Waals surface area contributed by atoms with Crippen LogP contribution in [0.2, 0.25) is 0 Å². The number of rotatable bonds is 5. The van der Waals surface area contributed by atoms with Gasteiger partial charge in [0, 0.05) is 26.1 Å². The number of carbonyl (C=O) groups is 1. The predicted molar refractivity (Wildman–Crippen MR) is 58.6 cm³/mol. The van der Waals surface area contributed by atoms with Crippen molar-refractivity contribution < 1.29 is 14.3 Å². The van der Waals surface area contributed by atoms with Crippen molar-refractivity contribution in [3.63, 3.8) is 0 Å². The smallest absolute Gasteiger partial charge is 0.357 e. The molecule has 0 saturated heterocycles. The van der Waals surface area contributed by atoms with Crippen LogP contribution in [-0.2, 0) is 9.47 Å². The number of esters is 1. The quantitative estimate of drug-likeness (QED) is 0.707. The summed E-state index contributed by atoms with van der Waals surface area (Å²) in [7, 11) is 4.89. The number of nitrogens with zero attached hydrogens (tertiary/aromatic N) is 2. The molecule has 0 unspecified atom stereocenters. The first kappa shape index (κ1) is 11.9. The average Bonchev–Trinajstić information content (AvgIpc) is 2.74. The fourth-order valence-electron chi connectivity index (χ4n) is 0.962. The molecule has 5 nitrogen and oxygen atoms in total. The van der Waals surface area contributed by atoms with E-state index in [1.807, 2.05) is 11.9 Å². The third-order valence-corrected chi connectivity index (χ3v) is 2.80. The molecule has 0 N–H and O–H groups in total. The van der Waals surface area contributed by atoms with Crippen LogP contribution in [0.1, 0.15) is 10.5 Å². The zero-order valence-corrected chi connectivity index (χ0v) is 9.84. The van der Waals surface area contributed by atoms with Crippen molar-refractivity contribution >= 4 is 22.4 Å². The molecular formula is C9H14N2O3S. The number of likely N-dealkylation sites (N-methyl/N-ethyl adjacent to an activating group) is 1. The summed E-state index contributed by atoms with van der Waals surface area (Å²) in [6.07, 6.45) is 0. The highest BCUT2D eigenvalue weighted by Gasteiger charge is 2.12. The molecule has 1 rings (SSSR count). The molecule has 0 aliphatic rings. The van der Waals surface area contributed by atoms with Gasteiger partial charge in [-0.2, -0.15) is 0 Å². The molecule has 0 bridgehead atoms. The molecule has 0 amide bonds. The summed E-state index contributed by atoms with van der Waals surface area (Å²) >= 11 is 1.41. The zero-order chi connectivity index (χ0) is 11.3. The fraction of sp³-hybridized carbons (Fsp3) is 0.556. The van der Waals surface area contributed by atoms with E-state index < -0.39 is 5.97 Å². The molecule has 0 spiro atoms. The van der Waals surface area contributed by atoms with E-state index in [1.54, 1.807) is 12.5 Å². The van der Waals surface area contributed by atoms with Crippen molar-refractivity contribution in [1.29, 1.82) is 0 Å². The monoisotopic (exact) mass is 230 g/mol. The van der Waals surface area contributed by atoms with Gasteiger partial charge in [0.2, 0.25) is 0 Å². The van der Waals surface area contributed by atoms with Crippen molar-refractivity contribution in [1.82, 2.24) is 4.98 Å². The third kappa shape index (κ3) is 3.17. The second-order valence-electron chi connectivity index (χ2n) is 2.92. The molecule has 15 heavy (non-hydrogen) atoms. The molecule has 0 radical (unpaired) electrons. The first-order valence-corrected chi connectivity index (χ1v) is 5.31. The molecule has 6 heteroatoms. The highest BCUT2D eigenvalue weighted by atomic mass is 32.1. The predicted octanol–water partition coefficient (Wildman–Crippen LogP) is 1.01. The van der Waals surface area contributed by atoms with Crippen LogP contribution >= 0.6 is 11.3 Å². The average molecular weight is 230 g/mol. The Morgan fingerprint density at radius 3 is 2.93 bits per heavy atom. The van der Waals surface area contributed by atoms with E-state index in [1.165, 1.54) is 18.4 Å². The first-order valence-electron chi connectivity index (χ1n) is 4.43. The number of hydrogen-bond donors (Lipinski definition) is 0. The Morgan fingerprint density at radius 2 is 2.33 bits per heavy atom. The molecule has 0 aromatic carbocycles. The number of hydrogen-bond acceptors (Lipinski definition) is 6. The molecule has 0 aliphatic carbocycles. The van der Waals surface area contributed by atoms with Crippen LogP contribution in [0, 0.1) is 0 Å². The molecule has 1 aromatic heterocycles. The number of carbonyl (C=O) groups excluding carboxylic acids is 1. The SMILES string of the molecule is COCCN(C)c1nc(C(=O)OC)cs1. The highest BCUT2D eigenvalue weighted by Crippen LogP contribution is 2.19. The van der Waals surface area contributed by atoms with Gasteiger partial charge in [0.1, 0.15) is 0 Å². The van der Waals surface area contributed by atoms with Crippen LogP contribution in [0.25, 0.3) is 0 Å². The molecule has 84 valence electrons. The number of anilines is 1. The Labute approximate surface area is 92.6 Å². The van der Waals surface area contributed by atoms with Gasteiger partial charge >= 0.3 is 5.97 Å². The molecule has 0 atom stereocenters. The lowest BCUT2D eigenvalue weighted by Gasteiger charge is -2.14. The minimum atomic E-state index is -0.405. The van der Waals surface area contributed by atoms with E-state index >= 15 is 0 Å². The maximum absolute atomic E-state index is 11.1. The van der Waals surface area contributed by atoms with Crippen molar-refractivity contribution in [3.8, 4) is 0 Å². The summed E-state index contributed by atoms with van der Waals surface area (Å²) in [5, 5.41) is 2.47. The van der Waals surface area contributed by atoms with Crippen LogP contribution < -0.4 is 4.90 Å². The van der Waals surface area contributed by atoms with Crippen LogP contribution in [0.4, 0.5) is 5.13 Å². The Balaban J connectivity index is 2.62. The maximum atomic E-state index is 11.1. The fourth-order valence-corrected chi connectivity index (χ4v) is 1.75. The largest absolute Gasteiger partial charge is 0.464 e.